The van der Waals surface area contributed by atoms with Gasteiger partial charge in [-0.2, -0.15) is 5.26 Å². The Morgan fingerprint density at radius 2 is 1.89 bits per heavy atom. The summed E-state index contributed by atoms with van der Waals surface area (Å²) in [5.74, 6) is 0. The highest BCUT2D eigenvalue weighted by atomic mass is 14.9. The third-order valence-electron chi connectivity index (χ3n) is 3.05. The molecule has 0 spiro atoms. The van der Waals surface area contributed by atoms with Gasteiger partial charge < -0.3 is 11.1 Å². The summed E-state index contributed by atoms with van der Waals surface area (Å²) in [5, 5.41) is 12.1. The van der Waals surface area contributed by atoms with Gasteiger partial charge in [-0.25, -0.2) is 0 Å². The van der Waals surface area contributed by atoms with Gasteiger partial charge in [0.15, 0.2) is 0 Å². The summed E-state index contributed by atoms with van der Waals surface area (Å²) in [6, 6.07) is 13.4. The molecule has 0 aliphatic carbocycles. The molecular weight excluding hydrogens is 222 g/mol. The van der Waals surface area contributed by atoms with E-state index in [1.807, 2.05) is 18.2 Å². The Bertz CT molecular complexity index is 624. The quantitative estimate of drug-likeness (QED) is 0.786. The summed E-state index contributed by atoms with van der Waals surface area (Å²) in [6.07, 6.45) is 0. The normalized spacial score (nSPS) is 9.83. The van der Waals surface area contributed by atoms with E-state index in [1.54, 1.807) is 12.1 Å². The molecule has 0 amide bonds. The molecule has 0 radical (unpaired) electrons. The number of nitriles is 1. The summed E-state index contributed by atoms with van der Waals surface area (Å²) >= 11 is 0. The zero-order chi connectivity index (χ0) is 13.1. The number of nitrogens with zero attached hydrogens (tertiary/aromatic N) is 1. The Hall–Kier alpha value is -2.47. The predicted molar refractivity (Wildman–Crippen MR) is 74.8 cm³/mol. The van der Waals surface area contributed by atoms with E-state index in [-0.39, 0.29) is 0 Å². The van der Waals surface area contributed by atoms with Crippen LogP contribution in [0.1, 0.15) is 16.7 Å². The first-order valence-corrected chi connectivity index (χ1v) is 5.74. The summed E-state index contributed by atoms with van der Waals surface area (Å²) in [6.45, 7) is 4.14. The van der Waals surface area contributed by atoms with E-state index >= 15 is 0 Å². The number of nitrogen functional groups attached to an aromatic ring is 1. The van der Waals surface area contributed by atoms with E-state index in [4.69, 9.17) is 11.0 Å². The molecule has 0 aliphatic heterocycles. The maximum absolute atomic E-state index is 8.80. The highest BCUT2D eigenvalue weighted by Crippen LogP contribution is 2.27. The second-order valence-electron chi connectivity index (χ2n) is 4.29. The van der Waals surface area contributed by atoms with Crippen molar-refractivity contribution in [3.63, 3.8) is 0 Å². The number of hydrogen-bond acceptors (Lipinski definition) is 3. The van der Waals surface area contributed by atoms with Crippen molar-refractivity contribution in [2.75, 3.05) is 11.1 Å². The summed E-state index contributed by atoms with van der Waals surface area (Å²) in [5.41, 5.74) is 11.3. The van der Waals surface area contributed by atoms with Crippen molar-refractivity contribution in [3.8, 4) is 6.07 Å². The van der Waals surface area contributed by atoms with E-state index in [1.165, 1.54) is 11.1 Å². The average molecular weight is 237 g/mol. The number of aryl methyl sites for hydroxylation is 1. The largest absolute Gasteiger partial charge is 0.397 e. The molecule has 0 aliphatic rings. The fourth-order valence-corrected chi connectivity index (χ4v) is 1.78. The highest BCUT2D eigenvalue weighted by molar-refractivity contribution is 5.75. The number of anilines is 3. The number of hydrogen-bond donors (Lipinski definition) is 2. The van der Waals surface area contributed by atoms with E-state index in [9.17, 15) is 0 Å². The first kappa shape index (κ1) is 12.0. The summed E-state index contributed by atoms with van der Waals surface area (Å²) < 4.78 is 0. The first-order chi connectivity index (χ1) is 8.61. The number of benzene rings is 2. The predicted octanol–water partition coefficient (Wildman–Crippen LogP) is 3.50. The third-order valence-corrected chi connectivity index (χ3v) is 3.05. The van der Waals surface area contributed by atoms with Gasteiger partial charge in [-0.3, -0.25) is 0 Å². The minimum atomic E-state index is 0.569. The molecule has 2 rings (SSSR count). The topological polar surface area (TPSA) is 61.8 Å². The van der Waals surface area contributed by atoms with Crippen LogP contribution in [0.15, 0.2) is 36.4 Å². The van der Waals surface area contributed by atoms with Crippen molar-refractivity contribution in [1.29, 1.82) is 5.26 Å². The zero-order valence-corrected chi connectivity index (χ0v) is 10.5. The van der Waals surface area contributed by atoms with Crippen LogP contribution < -0.4 is 11.1 Å². The number of nitrogens with one attached hydrogen (secondary N) is 1. The summed E-state index contributed by atoms with van der Waals surface area (Å²) in [4.78, 5) is 0. The van der Waals surface area contributed by atoms with Crippen molar-refractivity contribution in [2.45, 2.75) is 13.8 Å². The smallest absolute Gasteiger partial charge is 0.0992 e. The Morgan fingerprint density at radius 1 is 1.11 bits per heavy atom. The van der Waals surface area contributed by atoms with Gasteiger partial charge in [0, 0.05) is 5.69 Å². The second-order valence-corrected chi connectivity index (χ2v) is 4.29. The van der Waals surface area contributed by atoms with E-state index in [0.717, 1.165) is 11.4 Å². The number of nitrogens with two attached hydrogens (primary N) is 1. The van der Waals surface area contributed by atoms with E-state index < -0.39 is 0 Å². The fourth-order valence-electron chi connectivity index (χ4n) is 1.78. The molecule has 3 nitrogen and oxygen atoms in total. The molecule has 0 heterocycles. The van der Waals surface area contributed by atoms with Crippen LogP contribution in [0.3, 0.4) is 0 Å². The van der Waals surface area contributed by atoms with Crippen molar-refractivity contribution in [3.05, 3.63) is 53.1 Å². The molecule has 90 valence electrons. The fraction of sp³-hybridized carbons (Fsp3) is 0.133. The van der Waals surface area contributed by atoms with Gasteiger partial charge in [0.25, 0.3) is 0 Å². The molecule has 0 unspecified atom stereocenters. The van der Waals surface area contributed by atoms with Gasteiger partial charge in [-0.15, -0.1) is 0 Å². The Labute approximate surface area is 107 Å². The lowest BCUT2D eigenvalue weighted by Gasteiger charge is -2.13. The molecule has 3 N–H and O–H groups in total. The number of rotatable bonds is 2. The molecule has 0 aromatic heterocycles. The van der Waals surface area contributed by atoms with Crippen LogP contribution in [0.25, 0.3) is 0 Å². The standard InChI is InChI=1S/C15H15N3/c1-10-4-3-5-14(11(10)2)18-15-7-6-12(9-16)8-13(15)17/h3-8,18H,17H2,1-2H3. The van der Waals surface area contributed by atoms with Crippen LogP contribution >= 0.6 is 0 Å². The van der Waals surface area contributed by atoms with Crippen molar-refractivity contribution in [2.24, 2.45) is 0 Å². The lowest BCUT2D eigenvalue weighted by atomic mass is 10.1. The van der Waals surface area contributed by atoms with Crippen LogP contribution in [0, 0.1) is 25.2 Å². The minimum absolute atomic E-state index is 0.569. The Kier molecular flexibility index (Phi) is 3.20. The molecule has 2 aromatic rings. The van der Waals surface area contributed by atoms with Gasteiger partial charge in [-0.1, -0.05) is 12.1 Å². The molecule has 0 bridgehead atoms. The molecule has 0 saturated carbocycles. The van der Waals surface area contributed by atoms with Gasteiger partial charge in [0.1, 0.15) is 0 Å². The molecular formula is C15H15N3. The second kappa shape index (κ2) is 4.80. The van der Waals surface area contributed by atoms with Crippen LogP contribution in [-0.2, 0) is 0 Å². The molecule has 0 atom stereocenters. The van der Waals surface area contributed by atoms with Crippen LogP contribution in [0.5, 0.6) is 0 Å². The van der Waals surface area contributed by atoms with Crippen molar-refractivity contribution >= 4 is 17.1 Å². The van der Waals surface area contributed by atoms with Crippen LogP contribution in [0.4, 0.5) is 17.1 Å². The average Bonchev–Trinajstić information content (AvgIpc) is 2.37. The van der Waals surface area contributed by atoms with Crippen LogP contribution in [0.2, 0.25) is 0 Å². The maximum atomic E-state index is 8.80. The SMILES string of the molecule is Cc1cccc(Nc2ccc(C#N)cc2N)c1C. The summed E-state index contributed by atoms with van der Waals surface area (Å²) in [7, 11) is 0. The lowest BCUT2D eigenvalue weighted by Crippen LogP contribution is -1.99. The van der Waals surface area contributed by atoms with Crippen LogP contribution in [-0.4, -0.2) is 0 Å². The Morgan fingerprint density at radius 3 is 2.56 bits per heavy atom. The van der Waals surface area contributed by atoms with Gasteiger partial charge in [-0.05, 0) is 49.2 Å². The molecule has 0 saturated heterocycles. The van der Waals surface area contributed by atoms with E-state index in [2.05, 4.69) is 31.3 Å². The molecule has 3 heteroatoms. The Balaban J connectivity index is 2.35. The lowest BCUT2D eigenvalue weighted by molar-refractivity contribution is 1.33. The highest BCUT2D eigenvalue weighted by Gasteiger charge is 2.04. The van der Waals surface area contributed by atoms with Gasteiger partial charge >= 0.3 is 0 Å². The molecule has 0 fully saturated rings. The van der Waals surface area contributed by atoms with E-state index in [0.29, 0.717) is 11.3 Å². The van der Waals surface area contributed by atoms with Crippen molar-refractivity contribution < 1.29 is 0 Å². The monoisotopic (exact) mass is 237 g/mol. The molecule has 2 aromatic carbocycles. The molecule has 18 heavy (non-hydrogen) atoms. The first-order valence-electron chi connectivity index (χ1n) is 5.74. The minimum Gasteiger partial charge on any atom is -0.397 e. The van der Waals surface area contributed by atoms with Gasteiger partial charge in [0.05, 0.1) is 23.0 Å². The zero-order valence-electron chi connectivity index (χ0n) is 10.5. The maximum Gasteiger partial charge on any atom is 0.0992 e. The van der Waals surface area contributed by atoms with Crippen molar-refractivity contribution in [1.82, 2.24) is 0 Å². The van der Waals surface area contributed by atoms with Gasteiger partial charge in [0.2, 0.25) is 0 Å². The third kappa shape index (κ3) is 2.28.